The lowest BCUT2D eigenvalue weighted by Gasteiger charge is -2.10. The van der Waals surface area contributed by atoms with Gasteiger partial charge in [-0.2, -0.15) is 0 Å². The van der Waals surface area contributed by atoms with Gasteiger partial charge in [-0.25, -0.2) is 4.39 Å². The molecular weight excluding hydrogens is 279 g/mol. The molecule has 0 fully saturated rings. The maximum Gasteiger partial charge on any atom is 0.229 e. The van der Waals surface area contributed by atoms with Gasteiger partial charge in [0.05, 0.1) is 17.8 Å². The molecule has 0 aromatic heterocycles. The second-order valence-electron chi connectivity index (χ2n) is 4.52. The SMILES string of the molecule is Cc1ccc(N)c(NC(=O)Cc2c(F)cccc2Cl)c1. The van der Waals surface area contributed by atoms with Crippen molar-refractivity contribution in [2.75, 3.05) is 11.1 Å². The summed E-state index contributed by atoms with van der Waals surface area (Å²) >= 11 is 5.89. The monoisotopic (exact) mass is 292 g/mol. The maximum absolute atomic E-state index is 13.6. The van der Waals surface area contributed by atoms with Crippen LogP contribution in [0, 0.1) is 12.7 Å². The van der Waals surface area contributed by atoms with Crippen LogP contribution in [0.5, 0.6) is 0 Å². The number of carbonyl (C=O) groups excluding carboxylic acids is 1. The average Bonchev–Trinajstić information content (AvgIpc) is 2.38. The number of aryl methyl sites for hydroxylation is 1. The van der Waals surface area contributed by atoms with Crippen molar-refractivity contribution in [3.63, 3.8) is 0 Å². The van der Waals surface area contributed by atoms with Crippen LogP contribution < -0.4 is 11.1 Å². The number of hydrogen-bond donors (Lipinski definition) is 2. The molecule has 0 radical (unpaired) electrons. The molecule has 2 rings (SSSR count). The first kappa shape index (κ1) is 14.3. The first-order valence-electron chi connectivity index (χ1n) is 6.06. The van der Waals surface area contributed by atoms with E-state index in [1.54, 1.807) is 18.2 Å². The van der Waals surface area contributed by atoms with Crippen molar-refractivity contribution in [2.45, 2.75) is 13.3 Å². The van der Waals surface area contributed by atoms with Crippen molar-refractivity contribution in [3.8, 4) is 0 Å². The summed E-state index contributed by atoms with van der Waals surface area (Å²) in [4.78, 5) is 12.0. The van der Waals surface area contributed by atoms with E-state index in [0.717, 1.165) is 5.56 Å². The number of anilines is 2. The van der Waals surface area contributed by atoms with E-state index < -0.39 is 5.82 Å². The third-order valence-corrected chi connectivity index (χ3v) is 3.24. The van der Waals surface area contributed by atoms with E-state index in [1.165, 1.54) is 12.1 Å². The third kappa shape index (κ3) is 3.27. The Morgan fingerprint density at radius 2 is 2.10 bits per heavy atom. The Bertz CT molecular complexity index is 638. The number of halogens is 2. The van der Waals surface area contributed by atoms with Gasteiger partial charge < -0.3 is 11.1 Å². The van der Waals surface area contributed by atoms with E-state index in [2.05, 4.69) is 5.32 Å². The van der Waals surface area contributed by atoms with E-state index >= 15 is 0 Å². The smallest absolute Gasteiger partial charge is 0.229 e. The van der Waals surface area contributed by atoms with Crippen LogP contribution in [0.15, 0.2) is 36.4 Å². The normalized spacial score (nSPS) is 10.3. The molecule has 0 spiro atoms. The molecule has 0 saturated carbocycles. The first-order valence-corrected chi connectivity index (χ1v) is 6.44. The van der Waals surface area contributed by atoms with E-state index in [9.17, 15) is 9.18 Å². The van der Waals surface area contributed by atoms with Gasteiger partial charge in [0, 0.05) is 10.6 Å². The minimum atomic E-state index is -0.495. The van der Waals surface area contributed by atoms with Gasteiger partial charge in [0.25, 0.3) is 0 Å². The summed E-state index contributed by atoms with van der Waals surface area (Å²) < 4.78 is 13.6. The number of nitrogens with one attached hydrogen (secondary N) is 1. The second-order valence-corrected chi connectivity index (χ2v) is 4.92. The van der Waals surface area contributed by atoms with Crippen molar-refractivity contribution in [1.82, 2.24) is 0 Å². The molecule has 0 aliphatic carbocycles. The predicted octanol–water partition coefficient (Wildman–Crippen LogP) is 3.55. The lowest BCUT2D eigenvalue weighted by molar-refractivity contribution is -0.115. The number of amides is 1. The quantitative estimate of drug-likeness (QED) is 0.850. The highest BCUT2D eigenvalue weighted by molar-refractivity contribution is 6.31. The highest BCUT2D eigenvalue weighted by atomic mass is 35.5. The molecule has 0 aliphatic heterocycles. The predicted molar refractivity (Wildman–Crippen MR) is 79.3 cm³/mol. The molecule has 3 N–H and O–H groups in total. The lowest BCUT2D eigenvalue weighted by atomic mass is 10.1. The Hall–Kier alpha value is -2.07. The average molecular weight is 293 g/mol. The summed E-state index contributed by atoms with van der Waals surface area (Å²) in [7, 11) is 0. The summed E-state index contributed by atoms with van der Waals surface area (Å²) in [5, 5.41) is 2.90. The van der Waals surface area contributed by atoms with Crippen molar-refractivity contribution < 1.29 is 9.18 Å². The fourth-order valence-corrected chi connectivity index (χ4v) is 2.06. The van der Waals surface area contributed by atoms with Crippen molar-refractivity contribution in [1.29, 1.82) is 0 Å². The van der Waals surface area contributed by atoms with Crippen LogP contribution in [0.4, 0.5) is 15.8 Å². The van der Waals surface area contributed by atoms with Crippen molar-refractivity contribution >= 4 is 28.9 Å². The van der Waals surface area contributed by atoms with Crippen LogP contribution in [-0.2, 0) is 11.2 Å². The zero-order valence-corrected chi connectivity index (χ0v) is 11.7. The highest BCUT2D eigenvalue weighted by Gasteiger charge is 2.13. The van der Waals surface area contributed by atoms with E-state index in [1.807, 2.05) is 13.0 Å². The summed E-state index contributed by atoms with van der Waals surface area (Å²) in [6.07, 6.45) is -0.140. The van der Waals surface area contributed by atoms with E-state index in [-0.39, 0.29) is 22.9 Å². The zero-order chi connectivity index (χ0) is 14.7. The molecule has 0 aliphatic rings. The number of carbonyl (C=O) groups is 1. The van der Waals surface area contributed by atoms with Crippen LogP contribution in [0.3, 0.4) is 0 Å². The molecule has 0 saturated heterocycles. The third-order valence-electron chi connectivity index (χ3n) is 2.88. The van der Waals surface area contributed by atoms with Gasteiger partial charge in [-0.05, 0) is 36.8 Å². The molecule has 0 bridgehead atoms. The number of benzene rings is 2. The number of hydrogen-bond acceptors (Lipinski definition) is 2. The first-order chi connectivity index (χ1) is 9.47. The van der Waals surface area contributed by atoms with Crippen molar-refractivity contribution in [3.05, 3.63) is 58.4 Å². The second kappa shape index (κ2) is 5.92. The Balaban J connectivity index is 2.15. The fourth-order valence-electron chi connectivity index (χ4n) is 1.83. The van der Waals surface area contributed by atoms with Crippen LogP contribution in [-0.4, -0.2) is 5.91 Å². The Labute approximate surface area is 121 Å². The topological polar surface area (TPSA) is 55.1 Å². The Morgan fingerprint density at radius 1 is 1.35 bits per heavy atom. The minimum absolute atomic E-state index is 0.140. The number of nitrogen functional groups attached to an aromatic ring is 1. The molecular formula is C15H14ClFN2O. The summed E-state index contributed by atoms with van der Waals surface area (Å²) in [5.74, 6) is -0.862. The van der Waals surface area contributed by atoms with Gasteiger partial charge in [0.2, 0.25) is 5.91 Å². The van der Waals surface area contributed by atoms with Gasteiger partial charge in [-0.1, -0.05) is 23.7 Å². The van der Waals surface area contributed by atoms with Gasteiger partial charge >= 0.3 is 0 Å². The highest BCUT2D eigenvalue weighted by Crippen LogP contribution is 2.22. The van der Waals surface area contributed by atoms with Gasteiger partial charge in [0.15, 0.2) is 0 Å². The lowest BCUT2D eigenvalue weighted by Crippen LogP contribution is -2.16. The molecule has 2 aromatic carbocycles. The summed E-state index contributed by atoms with van der Waals surface area (Å²) in [6.45, 7) is 1.89. The molecule has 3 nitrogen and oxygen atoms in total. The summed E-state index contributed by atoms with van der Waals surface area (Å²) in [6, 6.07) is 9.64. The molecule has 0 atom stereocenters. The zero-order valence-electron chi connectivity index (χ0n) is 10.9. The number of nitrogens with two attached hydrogens (primary N) is 1. The molecule has 0 heterocycles. The standard InChI is InChI=1S/C15H14ClFN2O/c1-9-5-6-13(18)14(7-9)19-15(20)8-10-11(16)3-2-4-12(10)17/h2-7H,8,18H2,1H3,(H,19,20). The molecule has 1 amide bonds. The molecule has 20 heavy (non-hydrogen) atoms. The van der Waals surface area contributed by atoms with E-state index in [0.29, 0.717) is 11.4 Å². The van der Waals surface area contributed by atoms with Gasteiger partial charge in [-0.3, -0.25) is 4.79 Å². The largest absolute Gasteiger partial charge is 0.397 e. The van der Waals surface area contributed by atoms with Crippen LogP contribution in [0.1, 0.15) is 11.1 Å². The van der Waals surface area contributed by atoms with Crippen LogP contribution >= 0.6 is 11.6 Å². The molecule has 5 heteroatoms. The number of rotatable bonds is 3. The molecule has 104 valence electrons. The van der Waals surface area contributed by atoms with Crippen LogP contribution in [0.25, 0.3) is 0 Å². The van der Waals surface area contributed by atoms with Crippen molar-refractivity contribution in [2.24, 2.45) is 0 Å². The maximum atomic E-state index is 13.6. The van der Waals surface area contributed by atoms with Crippen LogP contribution in [0.2, 0.25) is 5.02 Å². The van der Waals surface area contributed by atoms with Gasteiger partial charge in [-0.15, -0.1) is 0 Å². The summed E-state index contributed by atoms with van der Waals surface area (Å²) in [5.41, 5.74) is 7.90. The minimum Gasteiger partial charge on any atom is -0.397 e. The molecule has 0 unspecified atom stereocenters. The molecule has 2 aromatic rings. The Morgan fingerprint density at radius 3 is 2.80 bits per heavy atom. The van der Waals surface area contributed by atoms with E-state index in [4.69, 9.17) is 17.3 Å². The Kier molecular flexibility index (Phi) is 4.25. The van der Waals surface area contributed by atoms with Gasteiger partial charge in [0.1, 0.15) is 5.82 Å². The fraction of sp³-hybridized carbons (Fsp3) is 0.133.